The number of aryl methyl sites for hydroxylation is 4. The Bertz CT molecular complexity index is 2420. The Hall–Kier alpha value is -6.02. The maximum atomic E-state index is 10.9. The van der Waals surface area contributed by atoms with Gasteiger partial charge in [-0.1, -0.05) is 61.7 Å². The van der Waals surface area contributed by atoms with Crippen LogP contribution < -0.4 is 0 Å². The first-order valence-corrected chi connectivity index (χ1v) is 20.9. The van der Waals surface area contributed by atoms with Crippen molar-refractivity contribution in [3.8, 4) is 0 Å². The van der Waals surface area contributed by atoms with Crippen molar-refractivity contribution in [1.29, 1.82) is 0 Å². The van der Waals surface area contributed by atoms with E-state index in [1.54, 1.807) is 0 Å². The summed E-state index contributed by atoms with van der Waals surface area (Å²) >= 11 is 3.66. The summed E-state index contributed by atoms with van der Waals surface area (Å²) in [6.45, 7) is 20.3. The van der Waals surface area contributed by atoms with Crippen LogP contribution in [0.25, 0.3) is 43.6 Å². The molecule has 14 nitrogen and oxygen atoms in total. The number of nitrogens with zero attached hydrogens (tertiary/aromatic N) is 4. The summed E-state index contributed by atoms with van der Waals surface area (Å²) in [5, 5.41) is 13.3. The normalized spacial score (nSPS) is 10.2. The van der Waals surface area contributed by atoms with E-state index in [0.717, 1.165) is 72.5 Å². The summed E-state index contributed by atoms with van der Waals surface area (Å²) in [4.78, 5) is 72.2. The molecule has 0 saturated carbocycles. The van der Waals surface area contributed by atoms with Crippen molar-refractivity contribution in [2.75, 3.05) is 26.4 Å². The fourth-order valence-corrected chi connectivity index (χ4v) is 5.21. The molecule has 0 aliphatic rings. The maximum Gasteiger partial charge on any atom is 0 e. The molecule has 0 saturated heterocycles. The monoisotopic (exact) mass is 1010 g/mol. The summed E-state index contributed by atoms with van der Waals surface area (Å²) in [6.07, 6.45) is 0.676. The molecule has 0 bridgehead atoms. The van der Waals surface area contributed by atoms with Crippen molar-refractivity contribution < 1.29 is 80.2 Å². The Labute approximate surface area is 401 Å². The van der Waals surface area contributed by atoms with Crippen LogP contribution in [0.4, 0.5) is 0 Å². The van der Waals surface area contributed by atoms with Crippen LogP contribution in [0.1, 0.15) is 56.9 Å². The number of ketones is 1. The fraction of sp³-hybridized carbons (Fsp3) is 0.271. The number of aliphatic hydroxyl groups is 1. The number of carbonyl (C=O) groups is 5. The molecule has 6 aromatic rings. The number of hydrogen-bond acceptors (Lipinski definition) is 14. The van der Waals surface area contributed by atoms with E-state index in [1.165, 1.54) is 27.7 Å². The number of pyridine rings is 4. The molecule has 65 heavy (non-hydrogen) atoms. The van der Waals surface area contributed by atoms with E-state index in [9.17, 15) is 24.0 Å². The topological polar surface area (TPSA) is 194 Å². The van der Waals surface area contributed by atoms with Crippen LogP contribution in [0.15, 0.2) is 109 Å². The minimum absolute atomic E-state index is 0. The SMILES string of the molecule is C=C(C)C(=O)OCCOC(=O)C=C(C)O.C=C(C)C(=O)OCCOC(=O)CC(C)=O.Cc1ccc2ccc3ccc(C)nc3c2n1.Cc1ccc2ccc3ccc(C)nc3c2n1.[Cl][Cu].[Cu]. The number of rotatable bonds is 11. The van der Waals surface area contributed by atoms with Crippen LogP contribution in [-0.2, 0) is 75.1 Å². The minimum atomic E-state index is -0.679. The molecule has 1 radical (unpaired) electrons. The van der Waals surface area contributed by atoms with Gasteiger partial charge in [-0.05, 0) is 79.7 Å². The number of ether oxygens (including phenoxy) is 4. The molecular weight excluding hydrogens is 955 g/mol. The molecule has 4 heterocycles. The number of halogens is 1. The molecule has 6 rings (SSSR count). The van der Waals surface area contributed by atoms with Gasteiger partial charge >= 0.3 is 49.1 Å². The van der Waals surface area contributed by atoms with Gasteiger partial charge in [0.1, 0.15) is 38.6 Å². The van der Waals surface area contributed by atoms with E-state index >= 15 is 0 Å². The Kier molecular flexibility index (Phi) is 25.8. The third kappa shape index (κ3) is 20.6. The molecule has 0 amide bonds. The molecule has 0 unspecified atom stereocenters. The van der Waals surface area contributed by atoms with E-state index in [4.69, 9.17) is 5.11 Å². The van der Waals surface area contributed by atoms with Gasteiger partial charge in [-0.3, -0.25) is 29.5 Å². The first-order chi connectivity index (χ1) is 30.3. The number of carbonyl (C=O) groups excluding carboxylic acids is 5. The van der Waals surface area contributed by atoms with Crippen molar-refractivity contribution in [1.82, 2.24) is 19.9 Å². The average molecular weight is 1010 g/mol. The van der Waals surface area contributed by atoms with Crippen LogP contribution in [0, 0.1) is 27.7 Å². The fourth-order valence-electron chi connectivity index (χ4n) is 5.21. The second kappa shape index (κ2) is 29.4. The molecule has 1 N–H and O–H groups in total. The second-order valence-electron chi connectivity index (χ2n) is 14.1. The zero-order valence-corrected chi connectivity index (χ0v) is 40.0. The summed E-state index contributed by atoms with van der Waals surface area (Å²) in [5.74, 6) is -2.76. The van der Waals surface area contributed by atoms with Crippen molar-refractivity contribution in [3.05, 3.63) is 132 Å². The van der Waals surface area contributed by atoms with Crippen LogP contribution in [0.5, 0.6) is 0 Å². The van der Waals surface area contributed by atoms with Gasteiger partial charge in [0, 0.05) is 72.5 Å². The van der Waals surface area contributed by atoms with Gasteiger partial charge in [-0.2, -0.15) is 0 Å². The van der Waals surface area contributed by atoms with Gasteiger partial charge in [0.15, 0.2) is 0 Å². The summed E-state index contributed by atoms with van der Waals surface area (Å²) < 4.78 is 18.5. The standard InChI is InChI=1S/2C14H12N2.2C10H14O5.ClH.2Cu/c2*1-9-3-5-11-7-8-12-6-4-10(2)16-14(12)13(11)15-9;2*1-7(2)10(13)15-5-4-14-9(12)6-8(3)11;;;/h2*3-8H,1-2H3;1,4-6H2,2-3H3;6,11H,1,4-5H2,2-3H3;1H;;/q;;;;;;+1/p-1. The molecule has 0 aliphatic heterocycles. The zero-order valence-electron chi connectivity index (χ0n) is 37.3. The van der Waals surface area contributed by atoms with Crippen LogP contribution in [-0.4, -0.2) is 81.1 Å². The van der Waals surface area contributed by atoms with Crippen molar-refractivity contribution >= 4 is 83.4 Å². The van der Waals surface area contributed by atoms with Crippen molar-refractivity contribution in [3.63, 3.8) is 0 Å². The number of aromatic nitrogens is 4. The Morgan fingerprint density at radius 2 is 0.815 bits per heavy atom. The minimum Gasteiger partial charge on any atom is 0 e. The largest absolute Gasteiger partial charge is 0 e. The van der Waals surface area contributed by atoms with Gasteiger partial charge in [-0.15, -0.1) is 0 Å². The van der Waals surface area contributed by atoms with Gasteiger partial charge in [-0.25, -0.2) is 14.4 Å². The quantitative estimate of drug-likeness (QED) is 0.0189. The molecular formula is C48H52ClCu2N4O10. The molecule has 0 atom stereocenters. The van der Waals surface area contributed by atoms with E-state index in [0.29, 0.717) is 0 Å². The molecule has 2 aromatic carbocycles. The summed E-state index contributed by atoms with van der Waals surface area (Å²) in [5.41, 5.74) is 8.69. The second-order valence-corrected chi connectivity index (χ2v) is 14.1. The molecule has 0 aliphatic carbocycles. The van der Waals surface area contributed by atoms with Gasteiger partial charge < -0.3 is 24.1 Å². The third-order valence-electron chi connectivity index (χ3n) is 8.15. The Balaban J connectivity index is 0.000000426. The van der Waals surface area contributed by atoms with Crippen molar-refractivity contribution in [2.24, 2.45) is 0 Å². The number of hydrogen-bond donors (Lipinski definition) is 1. The smallest absolute Gasteiger partial charge is 0 e. The van der Waals surface area contributed by atoms with Gasteiger partial charge in [0.2, 0.25) is 0 Å². The summed E-state index contributed by atoms with van der Waals surface area (Å²) in [6, 6.07) is 24.9. The predicted molar refractivity (Wildman–Crippen MR) is 244 cm³/mol. The number of allylic oxidation sites excluding steroid dienone is 1. The van der Waals surface area contributed by atoms with Crippen LogP contribution >= 0.6 is 10.1 Å². The number of fused-ring (bicyclic) bond motifs is 6. The first kappa shape index (κ1) is 57.0. The molecule has 4 aromatic heterocycles. The van der Waals surface area contributed by atoms with E-state index in [-0.39, 0.29) is 72.6 Å². The van der Waals surface area contributed by atoms with E-state index in [2.05, 4.69) is 126 Å². The first-order valence-electron chi connectivity index (χ1n) is 19.6. The molecule has 0 spiro atoms. The number of benzene rings is 2. The van der Waals surface area contributed by atoms with Crippen LogP contribution in [0.3, 0.4) is 0 Å². The van der Waals surface area contributed by atoms with E-state index in [1.807, 2.05) is 52.0 Å². The number of esters is 4. The zero-order chi connectivity index (χ0) is 47.9. The average Bonchev–Trinajstić information content (AvgIpc) is 3.24. The maximum absolute atomic E-state index is 10.9. The van der Waals surface area contributed by atoms with Crippen LogP contribution in [0.2, 0.25) is 0 Å². The molecule has 17 heteroatoms. The van der Waals surface area contributed by atoms with Crippen molar-refractivity contribution in [2.45, 2.75) is 61.8 Å². The van der Waals surface area contributed by atoms with Gasteiger partial charge in [0.05, 0.1) is 33.9 Å². The number of Topliss-reactive ketones (excluding diaryl/α,β-unsaturated/α-hetero) is 1. The van der Waals surface area contributed by atoms with E-state index < -0.39 is 23.9 Å². The third-order valence-corrected chi connectivity index (χ3v) is 8.15. The predicted octanol–water partition coefficient (Wildman–Crippen LogP) is 9.22. The Morgan fingerprint density at radius 1 is 0.538 bits per heavy atom. The summed E-state index contributed by atoms with van der Waals surface area (Å²) in [7, 11) is 4.20. The molecule has 0 fully saturated rings. The molecule has 353 valence electrons. The number of aliphatic hydroxyl groups excluding tert-OH is 1. The Morgan fingerprint density at radius 3 is 1.09 bits per heavy atom. The van der Waals surface area contributed by atoms with Gasteiger partial charge in [0.25, 0.3) is 0 Å².